The second kappa shape index (κ2) is 8.06. The van der Waals surface area contributed by atoms with Gasteiger partial charge in [-0.05, 0) is 18.4 Å². The lowest BCUT2D eigenvalue weighted by atomic mass is 10.1. The van der Waals surface area contributed by atoms with Crippen LogP contribution in [0.15, 0.2) is 35.4 Å². The van der Waals surface area contributed by atoms with Crippen molar-refractivity contribution in [3.05, 3.63) is 35.9 Å². The molecule has 2 heterocycles. The molecule has 3 rings (SSSR count). The van der Waals surface area contributed by atoms with E-state index in [1.165, 1.54) is 5.56 Å². The molecule has 128 valence electrons. The summed E-state index contributed by atoms with van der Waals surface area (Å²) in [6.07, 6.45) is 2.27. The molecule has 6 heteroatoms. The van der Waals surface area contributed by atoms with Crippen molar-refractivity contribution in [3.63, 3.8) is 0 Å². The van der Waals surface area contributed by atoms with Crippen molar-refractivity contribution in [3.8, 4) is 0 Å². The van der Waals surface area contributed by atoms with Crippen molar-refractivity contribution in [1.29, 1.82) is 0 Å². The van der Waals surface area contributed by atoms with Crippen LogP contribution in [0.2, 0.25) is 0 Å². The summed E-state index contributed by atoms with van der Waals surface area (Å²) in [6.45, 7) is 4.35. The lowest BCUT2D eigenvalue weighted by Crippen LogP contribution is -2.48. The number of amides is 2. The van der Waals surface area contributed by atoms with Gasteiger partial charge in [0.1, 0.15) is 0 Å². The molecule has 24 heavy (non-hydrogen) atoms. The maximum Gasteiger partial charge on any atom is 0.240 e. The summed E-state index contributed by atoms with van der Waals surface area (Å²) < 4.78 is 0. The zero-order valence-corrected chi connectivity index (χ0v) is 13.9. The van der Waals surface area contributed by atoms with Crippen molar-refractivity contribution in [2.24, 2.45) is 5.10 Å². The van der Waals surface area contributed by atoms with Crippen LogP contribution in [-0.4, -0.2) is 53.5 Å². The molecule has 1 fully saturated rings. The Balaban J connectivity index is 1.39. The first-order chi connectivity index (χ1) is 11.7. The Labute approximate surface area is 142 Å². The molecule has 0 spiro atoms. The zero-order chi connectivity index (χ0) is 16.8. The largest absolute Gasteiger partial charge is 0.340 e. The Morgan fingerprint density at radius 1 is 1.08 bits per heavy atom. The highest BCUT2D eigenvalue weighted by atomic mass is 16.2. The average molecular weight is 328 g/mol. The number of rotatable bonds is 5. The third kappa shape index (κ3) is 4.64. The van der Waals surface area contributed by atoms with Crippen molar-refractivity contribution < 1.29 is 9.59 Å². The average Bonchev–Trinajstić information content (AvgIpc) is 2.62. The van der Waals surface area contributed by atoms with E-state index in [2.05, 4.69) is 39.7 Å². The Morgan fingerprint density at radius 3 is 2.50 bits per heavy atom. The molecular weight excluding hydrogens is 304 g/mol. The van der Waals surface area contributed by atoms with Crippen molar-refractivity contribution in [2.45, 2.75) is 32.2 Å². The highest BCUT2D eigenvalue weighted by Gasteiger charge is 2.21. The molecule has 0 atom stereocenters. The first-order valence-electron chi connectivity index (χ1n) is 8.59. The van der Waals surface area contributed by atoms with Gasteiger partial charge >= 0.3 is 0 Å². The van der Waals surface area contributed by atoms with Crippen LogP contribution in [0.3, 0.4) is 0 Å². The van der Waals surface area contributed by atoms with Gasteiger partial charge in [0.25, 0.3) is 0 Å². The number of nitrogens with zero attached hydrogens (tertiary/aromatic N) is 3. The lowest BCUT2D eigenvalue weighted by Gasteiger charge is -2.35. The summed E-state index contributed by atoms with van der Waals surface area (Å²) in [6, 6.07) is 10.4. The van der Waals surface area contributed by atoms with Crippen molar-refractivity contribution >= 4 is 17.5 Å². The molecule has 6 nitrogen and oxygen atoms in total. The molecule has 1 saturated heterocycles. The van der Waals surface area contributed by atoms with Gasteiger partial charge in [-0.3, -0.25) is 14.5 Å². The number of carbonyl (C=O) groups excluding carboxylic acids is 2. The van der Waals surface area contributed by atoms with E-state index in [1.807, 2.05) is 11.0 Å². The number of hydrogen-bond acceptors (Lipinski definition) is 4. The molecule has 0 radical (unpaired) electrons. The molecule has 2 aliphatic heterocycles. The Bertz CT molecular complexity index is 607. The maximum atomic E-state index is 12.3. The molecular formula is C18H24N4O2. The summed E-state index contributed by atoms with van der Waals surface area (Å²) in [4.78, 5) is 27.7. The van der Waals surface area contributed by atoms with Crippen LogP contribution in [0, 0.1) is 0 Å². The van der Waals surface area contributed by atoms with Gasteiger partial charge in [0, 0.05) is 51.3 Å². The summed E-state index contributed by atoms with van der Waals surface area (Å²) in [7, 11) is 0. The minimum atomic E-state index is -0.0420. The number of nitrogens with one attached hydrogen (secondary N) is 1. The molecule has 0 saturated carbocycles. The number of hydrogen-bond donors (Lipinski definition) is 1. The number of benzene rings is 1. The van der Waals surface area contributed by atoms with E-state index >= 15 is 0 Å². The monoisotopic (exact) mass is 328 g/mol. The van der Waals surface area contributed by atoms with Gasteiger partial charge in [-0.25, -0.2) is 5.43 Å². The van der Waals surface area contributed by atoms with E-state index in [1.54, 1.807) is 0 Å². The van der Waals surface area contributed by atoms with Crippen LogP contribution in [0.1, 0.15) is 31.2 Å². The fraction of sp³-hybridized carbons (Fsp3) is 0.500. The second-order valence-corrected chi connectivity index (χ2v) is 6.36. The second-order valence-electron chi connectivity index (χ2n) is 6.36. The van der Waals surface area contributed by atoms with E-state index in [0.717, 1.165) is 38.4 Å². The number of piperazine rings is 1. The first-order valence-corrected chi connectivity index (χ1v) is 8.59. The van der Waals surface area contributed by atoms with Gasteiger partial charge in [-0.2, -0.15) is 5.10 Å². The smallest absolute Gasteiger partial charge is 0.240 e. The van der Waals surface area contributed by atoms with Gasteiger partial charge in [0.05, 0.1) is 0 Å². The molecule has 0 aliphatic carbocycles. The molecule has 2 amide bonds. The van der Waals surface area contributed by atoms with Crippen LogP contribution in [0.5, 0.6) is 0 Å². The fourth-order valence-electron chi connectivity index (χ4n) is 3.10. The van der Waals surface area contributed by atoms with Gasteiger partial charge in [-0.15, -0.1) is 0 Å². The maximum absolute atomic E-state index is 12.3. The highest BCUT2D eigenvalue weighted by Crippen LogP contribution is 2.11. The zero-order valence-electron chi connectivity index (χ0n) is 13.9. The first kappa shape index (κ1) is 16.6. The van der Waals surface area contributed by atoms with Crippen molar-refractivity contribution in [2.75, 3.05) is 26.2 Å². The molecule has 1 aromatic carbocycles. The van der Waals surface area contributed by atoms with E-state index in [-0.39, 0.29) is 11.8 Å². The quantitative estimate of drug-likeness (QED) is 0.888. The van der Waals surface area contributed by atoms with Gasteiger partial charge in [-0.1, -0.05) is 30.3 Å². The van der Waals surface area contributed by atoms with E-state index in [4.69, 9.17) is 0 Å². The van der Waals surface area contributed by atoms with Crippen LogP contribution >= 0.6 is 0 Å². The molecule has 1 N–H and O–H groups in total. The predicted molar refractivity (Wildman–Crippen MR) is 92.3 cm³/mol. The van der Waals surface area contributed by atoms with Gasteiger partial charge < -0.3 is 4.90 Å². The normalized spacial score (nSPS) is 18.9. The summed E-state index contributed by atoms with van der Waals surface area (Å²) in [5.74, 6) is 0.147. The standard InChI is InChI=1S/C18H24N4O2/c23-17-8-6-16(19-20-17)7-9-18(24)22-12-10-21(11-13-22)14-15-4-2-1-3-5-15/h1-5H,6-14H2,(H,20,23). The van der Waals surface area contributed by atoms with Gasteiger partial charge in [0.2, 0.25) is 11.8 Å². The van der Waals surface area contributed by atoms with E-state index in [0.29, 0.717) is 25.7 Å². The Hall–Kier alpha value is -2.21. The summed E-state index contributed by atoms with van der Waals surface area (Å²) in [5, 5.41) is 4.02. The summed E-state index contributed by atoms with van der Waals surface area (Å²) in [5.41, 5.74) is 4.72. The lowest BCUT2D eigenvalue weighted by molar-refractivity contribution is -0.132. The molecule has 0 aromatic heterocycles. The third-order valence-corrected chi connectivity index (χ3v) is 4.58. The van der Waals surface area contributed by atoms with Crippen molar-refractivity contribution in [1.82, 2.24) is 15.2 Å². The van der Waals surface area contributed by atoms with Crippen LogP contribution < -0.4 is 5.43 Å². The van der Waals surface area contributed by atoms with Crippen LogP contribution in [0.25, 0.3) is 0 Å². The van der Waals surface area contributed by atoms with Crippen LogP contribution in [-0.2, 0) is 16.1 Å². The fourth-order valence-corrected chi connectivity index (χ4v) is 3.10. The van der Waals surface area contributed by atoms with E-state index in [9.17, 15) is 9.59 Å². The number of carbonyl (C=O) groups is 2. The topological polar surface area (TPSA) is 65.0 Å². The number of hydrazone groups is 1. The van der Waals surface area contributed by atoms with E-state index < -0.39 is 0 Å². The minimum absolute atomic E-state index is 0.0420. The molecule has 0 bridgehead atoms. The molecule has 0 unspecified atom stereocenters. The molecule has 1 aromatic rings. The van der Waals surface area contributed by atoms with Gasteiger partial charge in [0.15, 0.2) is 0 Å². The highest BCUT2D eigenvalue weighted by molar-refractivity contribution is 5.94. The third-order valence-electron chi connectivity index (χ3n) is 4.58. The SMILES string of the molecule is O=C1CCC(CCC(=O)N2CCN(Cc3ccccc3)CC2)=NN1. The Kier molecular flexibility index (Phi) is 5.59. The molecule has 2 aliphatic rings. The Morgan fingerprint density at radius 2 is 1.83 bits per heavy atom. The minimum Gasteiger partial charge on any atom is -0.340 e. The van der Waals surface area contributed by atoms with Crippen LogP contribution in [0.4, 0.5) is 0 Å². The summed E-state index contributed by atoms with van der Waals surface area (Å²) >= 11 is 0. The predicted octanol–water partition coefficient (Wildman–Crippen LogP) is 1.38.